The summed E-state index contributed by atoms with van der Waals surface area (Å²) in [6.07, 6.45) is 2.38. The standard InChI is InChI=1S/C33H30O5S2.H2S/c1-3-4-26(18-33(34)35)24-7-5-23(6-8-24)20-38-28-10-12-32-30(19-28)31(21-39-32)29-11-9-27(17-22(29)2)25-13-15-40(36,37)16-14-25;/h5-13,17,19,21,26H,14-16,18,20H2,1-2H3,(H,34,35);1H2/t26-;/m0./s1. The number of aryl methyl sites for hydroxylation is 1. The van der Waals surface area contributed by atoms with Gasteiger partial charge in [0.15, 0.2) is 9.84 Å². The minimum absolute atomic E-state index is 0. The normalized spacial score (nSPS) is 14.7. The summed E-state index contributed by atoms with van der Waals surface area (Å²) in [6.45, 7) is 4.21. The molecule has 0 radical (unpaired) electrons. The Kier molecular flexibility index (Phi) is 9.64. The molecule has 0 saturated carbocycles. The number of carboxylic acids is 1. The van der Waals surface area contributed by atoms with Gasteiger partial charge in [0.2, 0.25) is 0 Å². The number of hydrogen-bond donors (Lipinski definition) is 1. The fourth-order valence-corrected chi connectivity index (χ4v) is 7.12. The average Bonchev–Trinajstić information content (AvgIpc) is 3.35. The Bertz CT molecular complexity index is 1770. The van der Waals surface area contributed by atoms with E-state index in [1.54, 1.807) is 18.3 Å². The summed E-state index contributed by atoms with van der Waals surface area (Å²) < 4.78 is 30.9. The van der Waals surface area contributed by atoms with Crippen LogP contribution in [0.3, 0.4) is 0 Å². The van der Waals surface area contributed by atoms with Crippen molar-refractivity contribution < 1.29 is 23.1 Å². The molecule has 0 aliphatic carbocycles. The maximum atomic E-state index is 11.8. The van der Waals surface area contributed by atoms with Gasteiger partial charge in [-0.05, 0) is 77.2 Å². The number of sulfone groups is 1. The third-order valence-corrected chi connectivity index (χ3v) is 9.65. The minimum atomic E-state index is -2.95. The highest BCUT2D eigenvalue weighted by molar-refractivity contribution is 7.91. The number of thiophene rings is 1. The summed E-state index contributed by atoms with van der Waals surface area (Å²) in [5.74, 6) is 5.71. The van der Waals surface area contributed by atoms with Crippen LogP contribution in [0.1, 0.15) is 47.9 Å². The molecule has 212 valence electrons. The topological polar surface area (TPSA) is 80.7 Å². The first-order valence-corrected chi connectivity index (χ1v) is 15.8. The fourth-order valence-electron chi connectivity index (χ4n) is 5.03. The lowest BCUT2D eigenvalue weighted by Crippen LogP contribution is -2.14. The molecule has 41 heavy (non-hydrogen) atoms. The molecule has 0 saturated heterocycles. The van der Waals surface area contributed by atoms with E-state index in [4.69, 9.17) is 4.74 Å². The molecule has 5 nitrogen and oxygen atoms in total. The van der Waals surface area contributed by atoms with Crippen molar-refractivity contribution in [2.75, 3.05) is 11.5 Å². The number of ether oxygens (including phenoxy) is 1. The van der Waals surface area contributed by atoms with E-state index in [9.17, 15) is 18.3 Å². The number of benzene rings is 3. The van der Waals surface area contributed by atoms with E-state index in [0.717, 1.165) is 50.1 Å². The van der Waals surface area contributed by atoms with Crippen molar-refractivity contribution in [2.24, 2.45) is 0 Å². The molecule has 5 rings (SSSR count). The molecule has 8 heteroatoms. The quantitative estimate of drug-likeness (QED) is 0.213. The van der Waals surface area contributed by atoms with E-state index in [1.807, 2.05) is 36.4 Å². The summed E-state index contributed by atoms with van der Waals surface area (Å²) in [4.78, 5) is 11.2. The maximum Gasteiger partial charge on any atom is 0.304 e. The number of carboxylic acid groups (broad SMARTS) is 1. The third-order valence-electron chi connectivity index (χ3n) is 7.18. The van der Waals surface area contributed by atoms with E-state index in [1.165, 1.54) is 4.70 Å². The molecule has 1 aliphatic rings. The van der Waals surface area contributed by atoms with Gasteiger partial charge in [0.1, 0.15) is 12.4 Å². The Hall–Kier alpha value is -3.51. The first-order valence-electron chi connectivity index (χ1n) is 13.1. The second-order valence-corrected chi connectivity index (χ2v) is 13.1. The van der Waals surface area contributed by atoms with Crippen LogP contribution in [0.5, 0.6) is 5.75 Å². The van der Waals surface area contributed by atoms with Crippen molar-refractivity contribution in [1.29, 1.82) is 0 Å². The minimum Gasteiger partial charge on any atom is -0.489 e. The fraction of sp³-hybridized carbons (Fsp3) is 0.242. The van der Waals surface area contributed by atoms with Gasteiger partial charge in [-0.15, -0.1) is 17.3 Å². The summed E-state index contributed by atoms with van der Waals surface area (Å²) in [7, 11) is -2.95. The molecule has 0 bridgehead atoms. The lowest BCUT2D eigenvalue weighted by Gasteiger charge is -2.15. The molecule has 0 amide bonds. The molecule has 1 aromatic heterocycles. The maximum absolute atomic E-state index is 11.8. The second kappa shape index (κ2) is 13.0. The highest BCUT2D eigenvalue weighted by atomic mass is 32.2. The van der Waals surface area contributed by atoms with Gasteiger partial charge < -0.3 is 9.84 Å². The van der Waals surface area contributed by atoms with E-state index in [-0.39, 0.29) is 37.3 Å². The Balaban J connectivity index is 0.00000387. The predicted octanol–water partition coefficient (Wildman–Crippen LogP) is 7.35. The van der Waals surface area contributed by atoms with Gasteiger partial charge >= 0.3 is 5.97 Å². The van der Waals surface area contributed by atoms with Crippen molar-refractivity contribution in [3.63, 3.8) is 0 Å². The van der Waals surface area contributed by atoms with E-state index >= 15 is 0 Å². The van der Waals surface area contributed by atoms with Crippen molar-refractivity contribution in [3.8, 4) is 28.7 Å². The van der Waals surface area contributed by atoms with Crippen LogP contribution in [0.25, 0.3) is 26.8 Å². The van der Waals surface area contributed by atoms with Gasteiger partial charge in [0, 0.05) is 15.6 Å². The highest BCUT2D eigenvalue weighted by Crippen LogP contribution is 2.38. The van der Waals surface area contributed by atoms with Crippen molar-refractivity contribution in [3.05, 3.63) is 94.4 Å². The monoisotopic (exact) mass is 604 g/mol. The van der Waals surface area contributed by atoms with Crippen molar-refractivity contribution in [2.45, 2.75) is 39.2 Å². The van der Waals surface area contributed by atoms with Crippen LogP contribution < -0.4 is 4.74 Å². The van der Waals surface area contributed by atoms with Gasteiger partial charge in [-0.3, -0.25) is 4.79 Å². The van der Waals surface area contributed by atoms with Crippen LogP contribution >= 0.6 is 24.8 Å². The Morgan fingerprint density at radius 1 is 1.07 bits per heavy atom. The molecule has 1 N–H and O–H groups in total. The van der Waals surface area contributed by atoms with Gasteiger partial charge in [-0.25, -0.2) is 8.42 Å². The molecule has 4 aromatic rings. The molecule has 0 fully saturated rings. The van der Waals surface area contributed by atoms with E-state index in [0.29, 0.717) is 13.0 Å². The lowest BCUT2D eigenvalue weighted by molar-refractivity contribution is -0.137. The molecular weight excluding hydrogens is 573 g/mol. The zero-order valence-electron chi connectivity index (χ0n) is 22.9. The largest absolute Gasteiger partial charge is 0.489 e. The van der Waals surface area contributed by atoms with E-state index in [2.05, 4.69) is 54.5 Å². The van der Waals surface area contributed by atoms with Crippen molar-refractivity contribution in [1.82, 2.24) is 0 Å². The summed E-state index contributed by atoms with van der Waals surface area (Å²) in [5.41, 5.74) is 7.51. The average molecular weight is 605 g/mol. The molecule has 3 aromatic carbocycles. The van der Waals surface area contributed by atoms with Gasteiger partial charge in [0.05, 0.1) is 23.8 Å². The van der Waals surface area contributed by atoms with Gasteiger partial charge in [-0.2, -0.15) is 13.5 Å². The lowest BCUT2D eigenvalue weighted by atomic mass is 9.94. The van der Waals surface area contributed by atoms with Crippen LogP contribution in [-0.4, -0.2) is 31.0 Å². The summed E-state index contributed by atoms with van der Waals surface area (Å²) in [6, 6.07) is 20.3. The SMILES string of the molecule is CC#C[C@@H](CC(=O)O)c1ccc(COc2ccc3scc(-c4ccc(C5=CCS(=O)(=O)CC5)cc4C)c3c2)cc1.S. The Morgan fingerprint density at radius 3 is 2.51 bits per heavy atom. The smallest absolute Gasteiger partial charge is 0.304 e. The molecule has 0 unspecified atom stereocenters. The second-order valence-electron chi connectivity index (χ2n) is 10.0. The number of carbonyl (C=O) groups is 1. The van der Waals surface area contributed by atoms with Gasteiger partial charge in [-0.1, -0.05) is 54.5 Å². The zero-order chi connectivity index (χ0) is 28.3. The highest BCUT2D eigenvalue weighted by Gasteiger charge is 2.19. The Labute approximate surface area is 252 Å². The number of fused-ring (bicyclic) bond motifs is 1. The molecular formula is C33H32O5S3. The summed E-state index contributed by atoms with van der Waals surface area (Å²) >= 11 is 1.70. The van der Waals surface area contributed by atoms with Crippen molar-refractivity contribution >= 4 is 56.3 Å². The molecule has 1 atom stereocenters. The number of rotatable bonds is 8. The van der Waals surface area contributed by atoms with Gasteiger partial charge in [0.25, 0.3) is 0 Å². The van der Waals surface area contributed by atoms with Crippen LogP contribution in [0, 0.1) is 18.8 Å². The number of hydrogen-bond acceptors (Lipinski definition) is 5. The molecule has 2 heterocycles. The van der Waals surface area contributed by atoms with Crippen LogP contribution in [-0.2, 0) is 21.2 Å². The van der Waals surface area contributed by atoms with Crippen LogP contribution in [0.4, 0.5) is 0 Å². The Morgan fingerprint density at radius 2 is 1.85 bits per heavy atom. The first-order chi connectivity index (χ1) is 19.2. The van der Waals surface area contributed by atoms with Crippen LogP contribution in [0.15, 0.2) is 72.1 Å². The third kappa shape index (κ3) is 7.23. The molecule has 1 aliphatic heterocycles. The predicted molar refractivity (Wildman–Crippen MR) is 173 cm³/mol. The number of allylic oxidation sites excluding steroid dienone is 1. The number of aliphatic carboxylic acids is 1. The molecule has 0 spiro atoms. The van der Waals surface area contributed by atoms with E-state index < -0.39 is 15.8 Å². The summed E-state index contributed by atoms with van der Waals surface area (Å²) in [5, 5.41) is 12.5. The van der Waals surface area contributed by atoms with Crippen LogP contribution in [0.2, 0.25) is 0 Å². The first kappa shape index (κ1) is 30.4. The zero-order valence-corrected chi connectivity index (χ0v) is 25.6.